The monoisotopic (exact) mass is 274 g/mol. The number of carbonyl (C=O) groups excluding carboxylic acids is 1. The minimum Gasteiger partial charge on any atom is -0.370 e. The largest absolute Gasteiger partial charge is 0.370 e. The fourth-order valence-electron chi connectivity index (χ4n) is 3.11. The number of Topliss-reactive ketones (excluding diaryl/α,β-unsaturated/α-hetero) is 1. The second-order valence-electron chi connectivity index (χ2n) is 6.22. The number of benzene rings is 1. The molecule has 2 nitrogen and oxygen atoms in total. The number of hydrogen-bond donors (Lipinski definition) is 0. The summed E-state index contributed by atoms with van der Waals surface area (Å²) in [6.07, 6.45) is 6.31. The van der Waals surface area contributed by atoms with Crippen molar-refractivity contribution in [3.05, 3.63) is 35.4 Å². The first kappa shape index (κ1) is 15.2. The van der Waals surface area contributed by atoms with E-state index in [1.165, 1.54) is 18.4 Å². The van der Waals surface area contributed by atoms with Gasteiger partial charge in [0, 0.05) is 12.7 Å². The zero-order valence-corrected chi connectivity index (χ0v) is 12.9. The summed E-state index contributed by atoms with van der Waals surface area (Å²) >= 11 is 0. The van der Waals surface area contributed by atoms with Crippen LogP contribution in [0.5, 0.6) is 0 Å². The summed E-state index contributed by atoms with van der Waals surface area (Å²) in [5.41, 5.74) is 1.47. The zero-order valence-electron chi connectivity index (χ0n) is 12.9. The Morgan fingerprint density at radius 2 is 1.60 bits per heavy atom. The van der Waals surface area contributed by atoms with Crippen molar-refractivity contribution in [1.82, 2.24) is 0 Å². The third-order valence-electron chi connectivity index (χ3n) is 4.56. The lowest BCUT2D eigenvalue weighted by Crippen LogP contribution is -2.40. The normalized spacial score (nSPS) is 18.8. The molecule has 0 amide bonds. The molecule has 1 aliphatic carbocycles. The number of ketones is 1. The van der Waals surface area contributed by atoms with Gasteiger partial charge in [-0.2, -0.15) is 0 Å². The number of ether oxygens (including phenoxy) is 1. The Kier molecular flexibility index (Phi) is 4.98. The molecule has 0 bridgehead atoms. The Balaban J connectivity index is 2.23. The smallest absolute Gasteiger partial charge is 0.194 e. The van der Waals surface area contributed by atoms with E-state index in [0.29, 0.717) is 5.92 Å². The van der Waals surface area contributed by atoms with Gasteiger partial charge in [-0.15, -0.1) is 0 Å². The average molecular weight is 274 g/mol. The molecule has 2 rings (SSSR count). The van der Waals surface area contributed by atoms with E-state index < -0.39 is 5.60 Å². The molecule has 0 aliphatic heterocycles. The molecule has 1 aromatic rings. The van der Waals surface area contributed by atoms with Gasteiger partial charge in [-0.25, -0.2) is 0 Å². The standard InChI is InChI=1S/C18H26O2/c1-14(2)15-8-10-16(11-9-15)17(19)18(20-3)12-6-4-5-7-13-18/h8-11,14H,4-7,12-13H2,1-3H3. The molecule has 0 saturated heterocycles. The van der Waals surface area contributed by atoms with Crippen molar-refractivity contribution in [2.75, 3.05) is 7.11 Å². The number of methoxy groups -OCH3 is 1. The SMILES string of the molecule is COC1(C(=O)c2ccc(C(C)C)cc2)CCCCCC1. The molecule has 0 N–H and O–H groups in total. The molecule has 0 aromatic heterocycles. The molecule has 0 atom stereocenters. The predicted molar refractivity (Wildman–Crippen MR) is 82.3 cm³/mol. The Labute approximate surface area is 122 Å². The molecule has 20 heavy (non-hydrogen) atoms. The van der Waals surface area contributed by atoms with Crippen LogP contribution in [-0.2, 0) is 4.74 Å². The maximum atomic E-state index is 12.9. The lowest BCUT2D eigenvalue weighted by atomic mass is 9.85. The Morgan fingerprint density at radius 3 is 2.05 bits per heavy atom. The molecule has 0 heterocycles. The Hall–Kier alpha value is -1.15. The fraction of sp³-hybridized carbons (Fsp3) is 0.611. The molecule has 1 aromatic carbocycles. The van der Waals surface area contributed by atoms with Crippen LogP contribution in [0.4, 0.5) is 0 Å². The molecule has 0 radical (unpaired) electrons. The van der Waals surface area contributed by atoms with E-state index in [1.807, 2.05) is 12.1 Å². The fourth-order valence-corrected chi connectivity index (χ4v) is 3.11. The van der Waals surface area contributed by atoms with Crippen molar-refractivity contribution in [1.29, 1.82) is 0 Å². The third kappa shape index (κ3) is 3.12. The first-order valence-electron chi connectivity index (χ1n) is 7.79. The van der Waals surface area contributed by atoms with Crippen LogP contribution in [0.1, 0.15) is 74.2 Å². The van der Waals surface area contributed by atoms with Crippen molar-refractivity contribution in [2.45, 2.75) is 63.9 Å². The molecule has 0 spiro atoms. The van der Waals surface area contributed by atoms with Gasteiger partial charge in [0.15, 0.2) is 5.78 Å². The lowest BCUT2D eigenvalue weighted by molar-refractivity contribution is -0.00692. The van der Waals surface area contributed by atoms with E-state index in [4.69, 9.17) is 4.74 Å². The highest BCUT2D eigenvalue weighted by Crippen LogP contribution is 2.33. The highest BCUT2D eigenvalue weighted by Gasteiger charge is 2.38. The van der Waals surface area contributed by atoms with E-state index in [9.17, 15) is 4.79 Å². The van der Waals surface area contributed by atoms with Gasteiger partial charge in [-0.1, -0.05) is 63.8 Å². The minimum atomic E-state index is -0.587. The first-order valence-corrected chi connectivity index (χ1v) is 7.79. The van der Waals surface area contributed by atoms with Gasteiger partial charge in [-0.3, -0.25) is 4.79 Å². The van der Waals surface area contributed by atoms with Crippen LogP contribution in [-0.4, -0.2) is 18.5 Å². The molecular weight excluding hydrogens is 248 g/mol. The minimum absolute atomic E-state index is 0.164. The van der Waals surface area contributed by atoms with Crippen LogP contribution in [0.25, 0.3) is 0 Å². The highest BCUT2D eigenvalue weighted by atomic mass is 16.5. The highest BCUT2D eigenvalue weighted by molar-refractivity contribution is 6.02. The van der Waals surface area contributed by atoms with Crippen LogP contribution in [0.3, 0.4) is 0 Å². The topological polar surface area (TPSA) is 26.3 Å². The van der Waals surface area contributed by atoms with Gasteiger partial charge in [0.2, 0.25) is 0 Å². The van der Waals surface area contributed by atoms with Crippen molar-refractivity contribution in [3.63, 3.8) is 0 Å². The molecule has 0 unspecified atom stereocenters. The third-order valence-corrected chi connectivity index (χ3v) is 4.56. The summed E-state index contributed by atoms with van der Waals surface area (Å²) in [6.45, 7) is 4.33. The van der Waals surface area contributed by atoms with Gasteiger partial charge in [0.1, 0.15) is 5.60 Å². The predicted octanol–water partition coefficient (Wildman–Crippen LogP) is 4.73. The second-order valence-corrected chi connectivity index (χ2v) is 6.22. The maximum absolute atomic E-state index is 12.9. The van der Waals surface area contributed by atoms with Crippen molar-refractivity contribution < 1.29 is 9.53 Å². The zero-order chi connectivity index (χ0) is 14.6. The van der Waals surface area contributed by atoms with Gasteiger partial charge in [0.05, 0.1) is 0 Å². The van der Waals surface area contributed by atoms with Crippen LogP contribution in [0.15, 0.2) is 24.3 Å². The van der Waals surface area contributed by atoms with E-state index in [1.54, 1.807) is 7.11 Å². The molecule has 110 valence electrons. The summed E-state index contributed by atoms with van der Waals surface area (Å²) in [5, 5.41) is 0. The Morgan fingerprint density at radius 1 is 1.05 bits per heavy atom. The molecular formula is C18H26O2. The lowest BCUT2D eigenvalue weighted by Gasteiger charge is -2.29. The van der Waals surface area contributed by atoms with Crippen LogP contribution >= 0.6 is 0 Å². The number of hydrogen-bond acceptors (Lipinski definition) is 2. The quantitative estimate of drug-likeness (QED) is 0.586. The second kappa shape index (κ2) is 6.53. The molecule has 2 heteroatoms. The van der Waals surface area contributed by atoms with Crippen LogP contribution in [0.2, 0.25) is 0 Å². The van der Waals surface area contributed by atoms with Gasteiger partial charge in [0.25, 0.3) is 0 Å². The van der Waals surface area contributed by atoms with Crippen molar-refractivity contribution in [3.8, 4) is 0 Å². The number of carbonyl (C=O) groups is 1. The molecule has 1 saturated carbocycles. The number of rotatable bonds is 4. The maximum Gasteiger partial charge on any atom is 0.194 e. The molecule has 1 aliphatic rings. The summed E-state index contributed by atoms with van der Waals surface area (Å²) in [6, 6.07) is 8.06. The summed E-state index contributed by atoms with van der Waals surface area (Å²) in [7, 11) is 1.69. The van der Waals surface area contributed by atoms with E-state index in [-0.39, 0.29) is 5.78 Å². The van der Waals surface area contributed by atoms with Crippen molar-refractivity contribution >= 4 is 5.78 Å². The summed E-state index contributed by atoms with van der Waals surface area (Å²) < 4.78 is 5.70. The van der Waals surface area contributed by atoms with Gasteiger partial charge in [-0.05, 0) is 24.3 Å². The van der Waals surface area contributed by atoms with Gasteiger partial charge >= 0.3 is 0 Å². The van der Waals surface area contributed by atoms with Crippen LogP contribution in [0, 0.1) is 0 Å². The first-order chi connectivity index (χ1) is 9.59. The van der Waals surface area contributed by atoms with E-state index in [0.717, 1.165) is 31.2 Å². The molecule has 1 fully saturated rings. The van der Waals surface area contributed by atoms with Gasteiger partial charge < -0.3 is 4.74 Å². The summed E-state index contributed by atoms with van der Waals surface area (Å²) in [5.74, 6) is 0.658. The van der Waals surface area contributed by atoms with E-state index >= 15 is 0 Å². The van der Waals surface area contributed by atoms with E-state index in [2.05, 4.69) is 26.0 Å². The van der Waals surface area contributed by atoms with Crippen LogP contribution < -0.4 is 0 Å². The summed E-state index contributed by atoms with van der Waals surface area (Å²) in [4.78, 5) is 12.9. The average Bonchev–Trinajstić information content (AvgIpc) is 2.73. The Bertz CT molecular complexity index is 437. The van der Waals surface area contributed by atoms with Crippen molar-refractivity contribution in [2.24, 2.45) is 0 Å².